The molecule has 0 spiro atoms. The van der Waals surface area contributed by atoms with E-state index < -0.39 is 4.92 Å². The Hall–Kier alpha value is -3.20. The zero-order chi connectivity index (χ0) is 15.4. The van der Waals surface area contributed by atoms with Crippen LogP contribution in [0.15, 0.2) is 42.5 Å². The Morgan fingerprint density at radius 3 is 2.67 bits per heavy atom. The highest BCUT2D eigenvalue weighted by Crippen LogP contribution is 2.32. The fourth-order valence-electron chi connectivity index (χ4n) is 1.72. The second kappa shape index (κ2) is 5.84. The van der Waals surface area contributed by atoms with E-state index in [9.17, 15) is 14.9 Å². The number of carbonyl (C=O) groups excluding carboxylic acids is 1. The van der Waals surface area contributed by atoms with Crippen LogP contribution < -0.4 is 4.74 Å². The van der Waals surface area contributed by atoms with Crippen LogP contribution in [0.25, 0.3) is 0 Å². The maximum absolute atomic E-state index is 11.3. The minimum atomic E-state index is -0.615. The number of nitro groups is 1. The van der Waals surface area contributed by atoms with E-state index in [4.69, 9.17) is 10.00 Å². The van der Waals surface area contributed by atoms with Crippen LogP contribution in [0.5, 0.6) is 11.5 Å². The molecule has 0 N–H and O–H groups in total. The molecule has 0 heterocycles. The van der Waals surface area contributed by atoms with Gasteiger partial charge in [0.1, 0.15) is 5.75 Å². The zero-order valence-electron chi connectivity index (χ0n) is 11.1. The van der Waals surface area contributed by atoms with Crippen LogP contribution in [0.1, 0.15) is 22.8 Å². The van der Waals surface area contributed by atoms with Crippen molar-refractivity contribution >= 4 is 11.5 Å². The van der Waals surface area contributed by atoms with Crippen molar-refractivity contribution < 1.29 is 14.5 Å². The predicted octanol–water partition coefficient (Wildman–Crippen LogP) is 3.46. The molecular formula is C15H10N2O4. The molecule has 6 heteroatoms. The molecule has 2 aromatic rings. The van der Waals surface area contributed by atoms with Crippen LogP contribution in [0.2, 0.25) is 0 Å². The SMILES string of the molecule is CC(=O)c1ccc(Oc2cccc(C#N)c2)c([N+](=O)[O-])c1. The Labute approximate surface area is 120 Å². The Morgan fingerprint density at radius 1 is 1.29 bits per heavy atom. The summed E-state index contributed by atoms with van der Waals surface area (Å²) in [5.74, 6) is 0.0592. The van der Waals surface area contributed by atoms with Gasteiger partial charge in [-0.15, -0.1) is 0 Å². The van der Waals surface area contributed by atoms with Crippen LogP contribution in [-0.4, -0.2) is 10.7 Å². The molecule has 6 nitrogen and oxygen atoms in total. The van der Waals surface area contributed by atoms with Gasteiger partial charge in [-0.25, -0.2) is 0 Å². The lowest BCUT2D eigenvalue weighted by atomic mass is 10.1. The van der Waals surface area contributed by atoms with Crippen molar-refractivity contribution in [2.45, 2.75) is 6.92 Å². The van der Waals surface area contributed by atoms with E-state index in [2.05, 4.69) is 0 Å². The van der Waals surface area contributed by atoms with E-state index in [0.717, 1.165) is 0 Å². The summed E-state index contributed by atoms with van der Waals surface area (Å²) in [4.78, 5) is 21.7. The molecule has 0 aliphatic heterocycles. The van der Waals surface area contributed by atoms with Gasteiger partial charge < -0.3 is 4.74 Å². The fourth-order valence-corrected chi connectivity index (χ4v) is 1.72. The third-order valence-corrected chi connectivity index (χ3v) is 2.75. The summed E-state index contributed by atoms with van der Waals surface area (Å²) in [5, 5.41) is 19.9. The van der Waals surface area contributed by atoms with Crippen molar-refractivity contribution in [3.8, 4) is 17.6 Å². The van der Waals surface area contributed by atoms with Crippen LogP contribution >= 0.6 is 0 Å². The van der Waals surface area contributed by atoms with Crippen molar-refractivity contribution in [3.05, 3.63) is 63.7 Å². The molecule has 0 fully saturated rings. The molecule has 0 bridgehead atoms. The highest BCUT2D eigenvalue weighted by atomic mass is 16.6. The fraction of sp³-hybridized carbons (Fsp3) is 0.0667. The molecule has 0 radical (unpaired) electrons. The molecule has 2 aromatic carbocycles. The molecule has 104 valence electrons. The normalized spacial score (nSPS) is 9.71. The second-order valence-corrected chi connectivity index (χ2v) is 4.24. The van der Waals surface area contributed by atoms with E-state index in [0.29, 0.717) is 11.3 Å². The highest BCUT2D eigenvalue weighted by molar-refractivity contribution is 5.95. The standard InChI is InChI=1S/C15H10N2O4/c1-10(18)12-5-6-15(14(8-12)17(19)20)21-13-4-2-3-11(7-13)9-16/h2-8H,1H3. The first-order valence-corrected chi connectivity index (χ1v) is 5.98. The maximum atomic E-state index is 11.3. The van der Waals surface area contributed by atoms with Crippen LogP contribution in [0.4, 0.5) is 5.69 Å². The number of nitrogens with zero attached hydrogens (tertiary/aromatic N) is 2. The number of ketones is 1. The molecule has 0 aliphatic rings. The average molecular weight is 282 g/mol. The maximum Gasteiger partial charge on any atom is 0.312 e. The monoisotopic (exact) mass is 282 g/mol. The van der Waals surface area contributed by atoms with Crippen molar-refractivity contribution in [2.24, 2.45) is 0 Å². The van der Waals surface area contributed by atoms with Crippen molar-refractivity contribution in [3.63, 3.8) is 0 Å². The first kappa shape index (κ1) is 14.2. The van der Waals surface area contributed by atoms with Crippen LogP contribution in [0, 0.1) is 21.4 Å². The molecular weight excluding hydrogens is 272 g/mol. The summed E-state index contributed by atoms with van der Waals surface area (Å²) in [6, 6.07) is 12.2. The molecule has 0 saturated carbocycles. The first-order chi connectivity index (χ1) is 10.0. The number of ether oxygens (including phenoxy) is 1. The lowest BCUT2D eigenvalue weighted by molar-refractivity contribution is -0.385. The average Bonchev–Trinajstić information content (AvgIpc) is 2.47. The van der Waals surface area contributed by atoms with Gasteiger partial charge >= 0.3 is 5.69 Å². The lowest BCUT2D eigenvalue weighted by Crippen LogP contribution is -1.98. The Morgan fingerprint density at radius 2 is 2.05 bits per heavy atom. The highest BCUT2D eigenvalue weighted by Gasteiger charge is 2.18. The van der Waals surface area contributed by atoms with Gasteiger partial charge in [-0.1, -0.05) is 6.07 Å². The van der Waals surface area contributed by atoms with E-state index in [1.54, 1.807) is 18.2 Å². The van der Waals surface area contributed by atoms with Gasteiger partial charge in [0, 0.05) is 11.6 Å². The predicted molar refractivity (Wildman–Crippen MR) is 74.3 cm³/mol. The van der Waals surface area contributed by atoms with Gasteiger partial charge in [0.2, 0.25) is 5.75 Å². The Balaban J connectivity index is 2.41. The van der Waals surface area contributed by atoms with Gasteiger partial charge in [0.05, 0.1) is 16.6 Å². The van der Waals surface area contributed by atoms with Gasteiger partial charge in [-0.3, -0.25) is 14.9 Å². The molecule has 21 heavy (non-hydrogen) atoms. The Bertz CT molecular complexity index is 763. The van der Waals surface area contributed by atoms with Crippen molar-refractivity contribution in [1.29, 1.82) is 5.26 Å². The third kappa shape index (κ3) is 3.22. The molecule has 0 saturated heterocycles. The van der Waals surface area contributed by atoms with E-state index in [1.807, 2.05) is 6.07 Å². The Kier molecular flexibility index (Phi) is 3.95. The number of rotatable bonds is 4. The number of nitro benzene ring substituents is 1. The summed E-state index contributed by atoms with van der Waals surface area (Å²) >= 11 is 0. The van der Waals surface area contributed by atoms with E-state index >= 15 is 0 Å². The van der Waals surface area contributed by atoms with Crippen LogP contribution in [-0.2, 0) is 0 Å². The third-order valence-electron chi connectivity index (χ3n) is 2.75. The number of hydrogen-bond acceptors (Lipinski definition) is 5. The van der Waals surface area contributed by atoms with E-state index in [-0.39, 0.29) is 22.8 Å². The van der Waals surface area contributed by atoms with Crippen LogP contribution in [0.3, 0.4) is 0 Å². The number of benzene rings is 2. The van der Waals surface area contributed by atoms with Gasteiger partial charge in [0.15, 0.2) is 5.78 Å². The summed E-state index contributed by atoms with van der Waals surface area (Å²) in [6.07, 6.45) is 0. The minimum Gasteiger partial charge on any atom is -0.450 e. The summed E-state index contributed by atoms with van der Waals surface area (Å²) < 4.78 is 5.44. The first-order valence-electron chi connectivity index (χ1n) is 5.98. The number of hydrogen-bond donors (Lipinski definition) is 0. The lowest BCUT2D eigenvalue weighted by Gasteiger charge is -2.07. The molecule has 2 rings (SSSR count). The van der Waals surface area contributed by atoms with E-state index in [1.165, 1.54) is 31.2 Å². The van der Waals surface area contributed by atoms with Crippen molar-refractivity contribution in [2.75, 3.05) is 0 Å². The topological polar surface area (TPSA) is 93.2 Å². The van der Waals surface area contributed by atoms with Gasteiger partial charge in [-0.05, 0) is 37.3 Å². The molecule has 0 amide bonds. The molecule has 0 atom stereocenters. The quantitative estimate of drug-likeness (QED) is 0.486. The summed E-state index contributed by atoms with van der Waals surface area (Å²) in [6.45, 7) is 1.33. The number of Topliss-reactive ketones (excluding diaryl/α,β-unsaturated/α-hetero) is 1. The second-order valence-electron chi connectivity index (χ2n) is 4.24. The summed E-state index contributed by atoms with van der Waals surface area (Å²) in [5.41, 5.74) is 0.320. The number of nitriles is 1. The summed E-state index contributed by atoms with van der Waals surface area (Å²) in [7, 11) is 0. The molecule has 0 aromatic heterocycles. The molecule has 0 aliphatic carbocycles. The van der Waals surface area contributed by atoms with Gasteiger partial charge in [0.25, 0.3) is 0 Å². The van der Waals surface area contributed by atoms with Gasteiger partial charge in [-0.2, -0.15) is 5.26 Å². The van der Waals surface area contributed by atoms with Crippen molar-refractivity contribution in [1.82, 2.24) is 0 Å². The number of carbonyl (C=O) groups is 1. The largest absolute Gasteiger partial charge is 0.450 e. The zero-order valence-corrected chi connectivity index (χ0v) is 11.1. The minimum absolute atomic E-state index is 0.0140. The smallest absolute Gasteiger partial charge is 0.312 e. The molecule has 0 unspecified atom stereocenters.